The number of carbonyl (C=O) groups is 1. The molecule has 1 aromatic carbocycles. The summed E-state index contributed by atoms with van der Waals surface area (Å²) in [6.07, 6.45) is 0. The molecule has 0 saturated carbocycles. The summed E-state index contributed by atoms with van der Waals surface area (Å²) in [6.45, 7) is 5.29. The van der Waals surface area contributed by atoms with E-state index in [1.165, 1.54) is 6.07 Å². The Hall–Kier alpha value is -2.15. The highest BCUT2D eigenvalue weighted by molar-refractivity contribution is 6.01. The van der Waals surface area contributed by atoms with E-state index in [0.717, 1.165) is 13.1 Å². The summed E-state index contributed by atoms with van der Waals surface area (Å²) >= 11 is 0. The zero-order valence-electron chi connectivity index (χ0n) is 12.3. The molecule has 114 valence electrons. The molecule has 0 unspecified atom stereocenters. The molecule has 0 aliphatic carbocycles. The van der Waals surface area contributed by atoms with Gasteiger partial charge in [-0.25, -0.2) is 0 Å². The molecule has 1 aliphatic heterocycles. The van der Waals surface area contributed by atoms with Gasteiger partial charge in [-0.1, -0.05) is 6.07 Å². The molecule has 1 amide bonds. The van der Waals surface area contributed by atoms with Crippen molar-refractivity contribution in [3.8, 4) is 0 Å². The van der Waals surface area contributed by atoms with E-state index in [1.54, 1.807) is 17.0 Å². The number of nitro benzene ring substituents is 1. The molecular formula is C14H20N4O3. The standard InChI is InChI=1S/C14H20N4O3/c1-3-15-13-11(5-4-6-12(13)18(20)21)14(19)17-9-7-16(2)8-10-17/h4-6,15H,3,7-10H2,1-2H3. The molecule has 2 rings (SSSR count). The summed E-state index contributed by atoms with van der Waals surface area (Å²) in [5, 5.41) is 14.1. The van der Waals surface area contributed by atoms with E-state index in [9.17, 15) is 14.9 Å². The molecule has 1 aliphatic rings. The molecule has 1 saturated heterocycles. The van der Waals surface area contributed by atoms with E-state index in [4.69, 9.17) is 0 Å². The maximum Gasteiger partial charge on any atom is 0.293 e. The second kappa shape index (κ2) is 6.53. The second-order valence-corrected chi connectivity index (χ2v) is 5.08. The molecule has 0 atom stereocenters. The van der Waals surface area contributed by atoms with Gasteiger partial charge in [0.25, 0.3) is 11.6 Å². The number of nitrogens with one attached hydrogen (secondary N) is 1. The quantitative estimate of drug-likeness (QED) is 0.670. The topological polar surface area (TPSA) is 78.7 Å². The number of anilines is 1. The van der Waals surface area contributed by atoms with E-state index in [-0.39, 0.29) is 11.6 Å². The van der Waals surface area contributed by atoms with Crippen LogP contribution in [-0.4, -0.2) is 60.4 Å². The van der Waals surface area contributed by atoms with E-state index in [2.05, 4.69) is 10.2 Å². The van der Waals surface area contributed by atoms with Crippen LogP contribution in [0.25, 0.3) is 0 Å². The molecule has 0 aromatic heterocycles. The molecule has 7 heteroatoms. The summed E-state index contributed by atoms with van der Waals surface area (Å²) in [6, 6.07) is 4.62. The number of benzene rings is 1. The number of amides is 1. The number of nitro groups is 1. The number of rotatable bonds is 4. The van der Waals surface area contributed by atoms with Crippen LogP contribution in [0.1, 0.15) is 17.3 Å². The minimum absolute atomic E-state index is 0.0585. The van der Waals surface area contributed by atoms with Gasteiger partial charge in [0.15, 0.2) is 0 Å². The van der Waals surface area contributed by atoms with Gasteiger partial charge >= 0.3 is 0 Å². The number of carbonyl (C=O) groups excluding carboxylic acids is 1. The first-order valence-electron chi connectivity index (χ1n) is 7.03. The molecule has 7 nitrogen and oxygen atoms in total. The fourth-order valence-electron chi connectivity index (χ4n) is 2.41. The van der Waals surface area contributed by atoms with Gasteiger partial charge in [-0.05, 0) is 20.0 Å². The Morgan fingerprint density at radius 1 is 1.33 bits per heavy atom. The lowest BCUT2D eigenvalue weighted by atomic mass is 10.1. The van der Waals surface area contributed by atoms with E-state index < -0.39 is 4.92 Å². The molecule has 0 spiro atoms. The molecule has 1 heterocycles. The Bertz CT molecular complexity index is 539. The fraction of sp³-hybridized carbons (Fsp3) is 0.500. The van der Waals surface area contributed by atoms with Crippen molar-refractivity contribution < 1.29 is 9.72 Å². The first-order chi connectivity index (χ1) is 10.0. The largest absolute Gasteiger partial charge is 0.379 e. The van der Waals surface area contributed by atoms with Crippen LogP contribution in [0.15, 0.2) is 18.2 Å². The van der Waals surface area contributed by atoms with Gasteiger partial charge in [0.05, 0.1) is 10.5 Å². The van der Waals surface area contributed by atoms with Crippen LogP contribution in [0.4, 0.5) is 11.4 Å². The summed E-state index contributed by atoms with van der Waals surface area (Å²) in [7, 11) is 2.01. The third-order valence-corrected chi connectivity index (χ3v) is 3.61. The van der Waals surface area contributed by atoms with Gasteiger partial charge in [-0.3, -0.25) is 14.9 Å². The van der Waals surface area contributed by atoms with E-state index in [0.29, 0.717) is 30.9 Å². The average molecular weight is 292 g/mol. The maximum atomic E-state index is 12.6. The Balaban J connectivity index is 2.31. The number of nitrogens with zero attached hydrogens (tertiary/aromatic N) is 3. The van der Waals surface area contributed by atoms with Crippen molar-refractivity contribution in [2.45, 2.75) is 6.92 Å². The van der Waals surface area contributed by atoms with Gasteiger partial charge in [0, 0.05) is 38.8 Å². The normalized spacial score (nSPS) is 15.8. The first kappa shape index (κ1) is 15.2. The summed E-state index contributed by atoms with van der Waals surface area (Å²) < 4.78 is 0. The maximum absolute atomic E-state index is 12.6. The van der Waals surface area contributed by atoms with Gasteiger partial charge < -0.3 is 15.1 Å². The van der Waals surface area contributed by atoms with Crippen molar-refractivity contribution in [3.63, 3.8) is 0 Å². The number of para-hydroxylation sites is 1. The van der Waals surface area contributed by atoms with Crippen LogP contribution < -0.4 is 5.32 Å². The highest BCUT2D eigenvalue weighted by Crippen LogP contribution is 2.29. The van der Waals surface area contributed by atoms with Crippen molar-refractivity contribution in [3.05, 3.63) is 33.9 Å². The monoisotopic (exact) mass is 292 g/mol. The van der Waals surface area contributed by atoms with Gasteiger partial charge in [0.2, 0.25) is 0 Å². The summed E-state index contributed by atoms with van der Waals surface area (Å²) in [5.41, 5.74) is 0.626. The highest BCUT2D eigenvalue weighted by atomic mass is 16.6. The Morgan fingerprint density at radius 3 is 2.57 bits per heavy atom. The zero-order chi connectivity index (χ0) is 15.4. The van der Waals surface area contributed by atoms with Crippen molar-refractivity contribution >= 4 is 17.3 Å². The van der Waals surface area contributed by atoms with Crippen LogP contribution in [-0.2, 0) is 0 Å². The van der Waals surface area contributed by atoms with Crippen molar-refractivity contribution in [2.75, 3.05) is 45.1 Å². The average Bonchev–Trinajstić information content (AvgIpc) is 2.47. The number of piperazine rings is 1. The highest BCUT2D eigenvalue weighted by Gasteiger charge is 2.26. The molecule has 1 N–H and O–H groups in total. The van der Waals surface area contributed by atoms with Crippen LogP contribution in [0.3, 0.4) is 0 Å². The third-order valence-electron chi connectivity index (χ3n) is 3.61. The SMILES string of the molecule is CCNc1c(C(=O)N2CCN(C)CC2)cccc1[N+](=O)[O-]. The van der Waals surface area contributed by atoms with Gasteiger partial charge in [-0.2, -0.15) is 0 Å². The van der Waals surface area contributed by atoms with Crippen molar-refractivity contribution in [2.24, 2.45) is 0 Å². The molecule has 1 aromatic rings. The van der Waals surface area contributed by atoms with Crippen LogP contribution in [0.2, 0.25) is 0 Å². The Morgan fingerprint density at radius 2 is 2.00 bits per heavy atom. The molecule has 1 fully saturated rings. The number of likely N-dealkylation sites (N-methyl/N-ethyl adjacent to an activating group) is 1. The molecule has 0 radical (unpaired) electrons. The lowest BCUT2D eigenvalue weighted by molar-refractivity contribution is -0.384. The van der Waals surface area contributed by atoms with E-state index >= 15 is 0 Å². The lowest BCUT2D eigenvalue weighted by Gasteiger charge is -2.32. The molecule has 21 heavy (non-hydrogen) atoms. The predicted octanol–water partition coefficient (Wildman–Crippen LogP) is 1.41. The predicted molar refractivity (Wildman–Crippen MR) is 80.7 cm³/mol. The van der Waals surface area contributed by atoms with Crippen LogP contribution in [0.5, 0.6) is 0 Å². The fourth-order valence-corrected chi connectivity index (χ4v) is 2.41. The summed E-state index contributed by atoms with van der Waals surface area (Å²) in [4.78, 5) is 27.2. The van der Waals surface area contributed by atoms with Crippen molar-refractivity contribution in [1.29, 1.82) is 0 Å². The lowest BCUT2D eigenvalue weighted by Crippen LogP contribution is -2.47. The Kier molecular flexibility index (Phi) is 4.74. The van der Waals surface area contributed by atoms with Crippen LogP contribution in [0, 0.1) is 10.1 Å². The van der Waals surface area contributed by atoms with Crippen LogP contribution >= 0.6 is 0 Å². The first-order valence-corrected chi connectivity index (χ1v) is 7.03. The third kappa shape index (κ3) is 3.30. The van der Waals surface area contributed by atoms with E-state index in [1.807, 2.05) is 14.0 Å². The zero-order valence-corrected chi connectivity index (χ0v) is 12.3. The minimum atomic E-state index is -0.460. The smallest absolute Gasteiger partial charge is 0.293 e. The summed E-state index contributed by atoms with van der Waals surface area (Å²) in [5.74, 6) is -0.150. The minimum Gasteiger partial charge on any atom is -0.379 e. The molecule has 0 bridgehead atoms. The number of hydrogen-bond donors (Lipinski definition) is 1. The van der Waals surface area contributed by atoms with Gasteiger partial charge in [0.1, 0.15) is 5.69 Å². The molecular weight excluding hydrogens is 272 g/mol. The van der Waals surface area contributed by atoms with Gasteiger partial charge in [-0.15, -0.1) is 0 Å². The second-order valence-electron chi connectivity index (χ2n) is 5.08. The number of hydrogen-bond acceptors (Lipinski definition) is 5. The van der Waals surface area contributed by atoms with Crippen molar-refractivity contribution in [1.82, 2.24) is 9.80 Å². The Labute approximate surface area is 123 Å².